The molecule has 0 aliphatic rings. The van der Waals surface area contributed by atoms with Crippen molar-refractivity contribution in [1.82, 2.24) is 5.32 Å². The SMILES string of the molecule is CC/C=C\C/C=C\C/C=C\C/C=C\C/C=C\CCCCCCCCCCCCCCCCCCCCCCCC(=O)NC(COP(=O)(O)OCC[N+](C)(C)C)C(O)/C=C/CC/C=C/CCCCCCCCCCCCCCCCCCCCCCCCCC. The van der Waals surface area contributed by atoms with E-state index >= 15 is 0 Å². The Bertz CT molecular complexity index is 1730. The van der Waals surface area contributed by atoms with Gasteiger partial charge in [0.25, 0.3) is 0 Å². The predicted molar refractivity (Wildman–Crippen MR) is 392 cm³/mol. The van der Waals surface area contributed by atoms with Crippen LogP contribution in [0.5, 0.6) is 0 Å². The highest BCUT2D eigenvalue weighted by Crippen LogP contribution is 2.43. The quantitative estimate of drug-likeness (QED) is 0.0243. The third-order valence-corrected chi connectivity index (χ3v) is 18.3. The van der Waals surface area contributed by atoms with Crippen LogP contribution < -0.4 is 5.32 Å². The van der Waals surface area contributed by atoms with Crippen molar-refractivity contribution in [2.75, 3.05) is 40.9 Å². The van der Waals surface area contributed by atoms with E-state index in [4.69, 9.17) is 9.05 Å². The number of phosphoric acid groups is 1. The van der Waals surface area contributed by atoms with Gasteiger partial charge in [-0.25, -0.2) is 4.57 Å². The number of likely N-dealkylation sites (N-methyl/N-ethyl adjacent to an activating group) is 1. The minimum atomic E-state index is -4.37. The van der Waals surface area contributed by atoms with Gasteiger partial charge in [0.2, 0.25) is 5.91 Å². The zero-order chi connectivity index (χ0) is 64.8. The van der Waals surface area contributed by atoms with E-state index in [9.17, 15) is 19.4 Å². The summed E-state index contributed by atoms with van der Waals surface area (Å²) in [5, 5.41) is 14.0. The maximum absolute atomic E-state index is 13.1. The number of carbonyl (C=O) groups is 1. The van der Waals surface area contributed by atoms with Crippen molar-refractivity contribution in [3.8, 4) is 0 Å². The fourth-order valence-electron chi connectivity index (χ4n) is 11.4. The Morgan fingerprint density at radius 3 is 1.03 bits per heavy atom. The molecule has 0 saturated heterocycles. The van der Waals surface area contributed by atoms with E-state index in [1.165, 1.54) is 276 Å². The molecule has 3 N–H and O–H groups in total. The van der Waals surface area contributed by atoms with E-state index in [0.717, 1.165) is 70.6 Å². The number of rotatable bonds is 71. The number of amides is 1. The second-order valence-corrected chi connectivity index (χ2v) is 28.8. The summed E-state index contributed by atoms with van der Waals surface area (Å²) in [6.07, 6.45) is 101. The number of phosphoric ester groups is 1. The molecule has 0 aromatic carbocycles. The van der Waals surface area contributed by atoms with Crippen LogP contribution in [0.2, 0.25) is 0 Å². The lowest BCUT2D eigenvalue weighted by Crippen LogP contribution is -2.45. The number of quaternary nitrogens is 1. The first kappa shape index (κ1) is 86.7. The minimum Gasteiger partial charge on any atom is -0.387 e. The minimum absolute atomic E-state index is 0.0557. The molecule has 0 radical (unpaired) electrons. The molecule has 89 heavy (non-hydrogen) atoms. The van der Waals surface area contributed by atoms with Crippen molar-refractivity contribution >= 4 is 13.7 Å². The van der Waals surface area contributed by atoms with Crippen molar-refractivity contribution in [3.63, 3.8) is 0 Å². The highest BCUT2D eigenvalue weighted by atomic mass is 31.2. The first-order chi connectivity index (χ1) is 43.5. The third-order valence-electron chi connectivity index (χ3n) is 17.3. The van der Waals surface area contributed by atoms with E-state index in [1.807, 2.05) is 27.2 Å². The van der Waals surface area contributed by atoms with Crippen LogP contribution in [-0.4, -0.2) is 73.4 Å². The summed E-state index contributed by atoms with van der Waals surface area (Å²) >= 11 is 0. The second-order valence-electron chi connectivity index (χ2n) is 27.3. The monoisotopic (exact) mass is 1270 g/mol. The van der Waals surface area contributed by atoms with Crippen LogP contribution in [0.15, 0.2) is 85.1 Å². The summed E-state index contributed by atoms with van der Waals surface area (Å²) in [6, 6.07) is -0.867. The number of carbonyl (C=O) groups excluding carboxylic acids is 1. The van der Waals surface area contributed by atoms with Crippen molar-refractivity contribution in [1.29, 1.82) is 0 Å². The maximum Gasteiger partial charge on any atom is 0.472 e. The largest absolute Gasteiger partial charge is 0.472 e. The Kier molecular flexibility index (Phi) is 68.2. The van der Waals surface area contributed by atoms with E-state index in [2.05, 4.69) is 92.1 Å². The normalized spacial score (nSPS) is 14.0. The molecule has 0 rings (SSSR count). The molecule has 9 heteroatoms. The van der Waals surface area contributed by atoms with E-state index in [1.54, 1.807) is 6.08 Å². The van der Waals surface area contributed by atoms with Gasteiger partial charge in [0.15, 0.2) is 0 Å². The van der Waals surface area contributed by atoms with Gasteiger partial charge < -0.3 is 19.8 Å². The van der Waals surface area contributed by atoms with Crippen LogP contribution in [0, 0.1) is 0 Å². The smallest absolute Gasteiger partial charge is 0.387 e. The van der Waals surface area contributed by atoms with E-state index < -0.39 is 20.0 Å². The summed E-state index contributed by atoms with van der Waals surface area (Å²) in [6.45, 7) is 4.73. The standard InChI is InChI=1S/C80H149N2O6P/c1-6-8-10-12-14-16-18-20-22-24-26-28-30-32-34-36-38-39-40-41-42-43-44-46-48-50-52-54-56-58-60-62-64-66-68-70-72-74-80(84)81-78(77-88-89(85,86)87-76-75-82(3,4)5)79(83)73-71-69-67-65-63-61-59-57-55-53-51-49-47-45-37-35-33-31-29-27-25-23-21-19-17-15-13-11-9-7-2/h8,10,14,16,20,22,26,28,32,34,63,65,71,73,78-79,83H,6-7,9,11-13,15,17-19,21,23-25,27,29-31,33,35-62,64,66-70,72,74-77H2,1-5H3,(H-,81,84,85,86)/p+1/b10-8-,16-14-,22-20-,28-26-,34-32-,65-63+,73-71+. The molecule has 3 atom stereocenters. The van der Waals surface area contributed by atoms with Crippen molar-refractivity contribution in [3.05, 3.63) is 85.1 Å². The number of allylic oxidation sites excluding steroid dienone is 13. The summed E-state index contributed by atoms with van der Waals surface area (Å²) < 4.78 is 23.8. The van der Waals surface area contributed by atoms with Crippen LogP contribution in [-0.2, 0) is 18.4 Å². The number of hydrogen-bond donors (Lipinski definition) is 3. The van der Waals surface area contributed by atoms with Gasteiger partial charge in [-0.15, -0.1) is 0 Å². The Morgan fingerprint density at radius 2 is 0.685 bits per heavy atom. The molecule has 0 aromatic rings. The van der Waals surface area contributed by atoms with Crippen molar-refractivity contribution in [2.24, 2.45) is 0 Å². The number of aliphatic hydroxyl groups is 1. The topological polar surface area (TPSA) is 105 Å². The number of hydrogen-bond acceptors (Lipinski definition) is 5. The molecule has 0 fully saturated rings. The van der Waals surface area contributed by atoms with Crippen LogP contribution in [0.1, 0.15) is 367 Å². The first-order valence-corrected chi connectivity index (χ1v) is 40.0. The molecule has 0 saturated carbocycles. The first-order valence-electron chi connectivity index (χ1n) is 38.5. The zero-order valence-corrected chi connectivity index (χ0v) is 60.6. The fraction of sp³-hybridized carbons (Fsp3) is 0.812. The lowest BCUT2D eigenvalue weighted by Gasteiger charge is -2.25. The van der Waals surface area contributed by atoms with Crippen LogP contribution >= 0.6 is 7.82 Å². The molecule has 0 aromatic heterocycles. The summed E-state index contributed by atoms with van der Waals surface area (Å²) in [5.41, 5.74) is 0. The molecule has 1 amide bonds. The highest BCUT2D eigenvalue weighted by Gasteiger charge is 2.28. The number of nitrogens with one attached hydrogen (secondary N) is 1. The zero-order valence-electron chi connectivity index (χ0n) is 59.7. The summed E-state index contributed by atoms with van der Waals surface area (Å²) in [5.74, 6) is -0.181. The van der Waals surface area contributed by atoms with Gasteiger partial charge in [-0.1, -0.05) is 369 Å². The molecule has 0 aliphatic carbocycles. The molecule has 0 bridgehead atoms. The van der Waals surface area contributed by atoms with Gasteiger partial charge in [0.1, 0.15) is 13.2 Å². The number of nitrogens with zero attached hydrogens (tertiary/aromatic N) is 1. The predicted octanol–water partition coefficient (Wildman–Crippen LogP) is 25.1. The van der Waals surface area contributed by atoms with Crippen molar-refractivity contribution < 1.29 is 32.9 Å². The Hall–Kier alpha value is -2.32. The van der Waals surface area contributed by atoms with Crippen molar-refractivity contribution in [2.45, 2.75) is 379 Å². The van der Waals surface area contributed by atoms with Gasteiger partial charge in [-0.3, -0.25) is 13.8 Å². The van der Waals surface area contributed by atoms with Crippen LogP contribution in [0.25, 0.3) is 0 Å². The Morgan fingerprint density at radius 1 is 0.393 bits per heavy atom. The van der Waals surface area contributed by atoms with Gasteiger partial charge in [-0.2, -0.15) is 0 Å². The molecule has 3 unspecified atom stereocenters. The van der Waals surface area contributed by atoms with E-state index in [0.29, 0.717) is 17.4 Å². The van der Waals surface area contributed by atoms with Gasteiger partial charge >= 0.3 is 7.82 Å². The number of unbranched alkanes of at least 4 members (excludes halogenated alkanes) is 46. The average molecular weight is 1270 g/mol. The molecule has 8 nitrogen and oxygen atoms in total. The molecule has 520 valence electrons. The molecule has 0 aliphatic heterocycles. The Balaban J connectivity index is 4.01. The molecule has 0 heterocycles. The third kappa shape index (κ3) is 73.0. The summed E-state index contributed by atoms with van der Waals surface area (Å²) in [7, 11) is 1.57. The lowest BCUT2D eigenvalue weighted by atomic mass is 10.0. The fourth-order valence-corrected chi connectivity index (χ4v) is 12.2. The number of aliphatic hydroxyl groups excluding tert-OH is 1. The van der Waals surface area contributed by atoms with Gasteiger partial charge in [0, 0.05) is 6.42 Å². The van der Waals surface area contributed by atoms with Gasteiger partial charge in [0.05, 0.1) is 39.9 Å². The highest BCUT2D eigenvalue weighted by molar-refractivity contribution is 7.47. The average Bonchev–Trinajstić information content (AvgIpc) is 3.57. The molecular weight excluding hydrogens is 1120 g/mol. The van der Waals surface area contributed by atoms with Crippen LogP contribution in [0.4, 0.5) is 0 Å². The van der Waals surface area contributed by atoms with Gasteiger partial charge in [-0.05, 0) is 77.0 Å². The van der Waals surface area contributed by atoms with Crippen LogP contribution in [0.3, 0.4) is 0 Å². The second kappa shape index (κ2) is 70.0. The Labute approximate surface area is 554 Å². The van der Waals surface area contributed by atoms with E-state index in [-0.39, 0.29) is 19.1 Å². The molecule has 0 spiro atoms. The lowest BCUT2D eigenvalue weighted by molar-refractivity contribution is -0.870. The summed E-state index contributed by atoms with van der Waals surface area (Å²) in [4.78, 5) is 23.5. The molecular formula is C80H150N2O6P+. The maximum atomic E-state index is 13.1.